The summed E-state index contributed by atoms with van der Waals surface area (Å²) < 4.78 is 5.74. The molecule has 7 heteroatoms. The summed E-state index contributed by atoms with van der Waals surface area (Å²) in [5.74, 6) is 1.28. The minimum Gasteiger partial charge on any atom is -0.419 e. The Bertz CT molecular complexity index is 824. The van der Waals surface area contributed by atoms with E-state index in [-0.39, 0.29) is 5.91 Å². The summed E-state index contributed by atoms with van der Waals surface area (Å²) in [4.78, 5) is 17.6. The predicted molar refractivity (Wildman–Crippen MR) is 95.2 cm³/mol. The van der Waals surface area contributed by atoms with Gasteiger partial charge in [-0.1, -0.05) is 24.3 Å². The van der Waals surface area contributed by atoms with Crippen molar-refractivity contribution in [3.8, 4) is 10.8 Å². The second-order valence-electron chi connectivity index (χ2n) is 5.91. The average molecular weight is 354 g/mol. The summed E-state index contributed by atoms with van der Waals surface area (Å²) in [7, 11) is 0. The smallest absolute Gasteiger partial charge is 0.257 e. The fourth-order valence-corrected chi connectivity index (χ4v) is 3.53. The molecule has 0 spiro atoms. The lowest BCUT2D eigenvalue weighted by atomic mass is 10.2. The zero-order valence-electron chi connectivity index (χ0n) is 13.7. The number of piperazine rings is 1. The lowest BCUT2D eigenvalue weighted by Crippen LogP contribution is -2.48. The zero-order chi connectivity index (χ0) is 17.1. The van der Waals surface area contributed by atoms with Gasteiger partial charge in [-0.2, -0.15) is 0 Å². The highest BCUT2D eigenvalue weighted by Crippen LogP contribution is 2.23. The maximum Gasteiger partial charge on any atom is 0.257 e. The Morgan fingerprint density at radius 2 is 1.84 bits per heavy atom. The van der Waals surface area contributed by atoms with E-state index in [2.05, 4.69) is 15.1 Å². The molecule has 6 nitrogen and oxygen atoms in total. The van der Waals surface area contributed by atoms with Gasteiger partial charge in [0.2, 0.25) is 5.89 Å². The summed E-state index contributed by atoms with van der Waals surface area (Å²) in [5.41, 5.74) is 0.744. The van der Waals surface area contributed by atoms with Crippen LogP contribution < -0.4 is 0 Å². The van der Waals surface area contributed by atoms with Crippen molar-refractivity contribution in [1.82, 2.24) is 20.0 Å². The van der Waals surface area contributed by atoms with Gasteiger partial charge in [-0.3, -0.25) is 9.69 Å². The normalized spacial score (nSPS) is 15.4. The van der Waals surface area contributed by atoms with Gasteiger partial charge in [-0.05, 0) is 23.6 Å². The van der Waals surface area contributed by atoms with Gasteiger partial charge in [0.15, 0.2) is 0 Å². The van der Waals surface area contributed by atoms with Gasteiger partial charge in [-0.15, -0.1) is 21.5 Å². The van der Waals surface area contributed by atoms with Gasteiger partial charge < -0.3 is 9.32 Å². The lowest BCUT2D eigenvalue weighted by molar-refractivity contribution is 0.0618. The Kier molecular flexibility index (Phi) is 4.58. The molecule has 1 saturated heterocycles. The number of rotatable bonds is 4. The van der Waals surface area contributed by atoms with Crippen molar-refractivity contribution in [3.05, 3.63) is 59.3 Å². The number of nitrogens with zero attached hydrogens (tertiary/aromatic N) is 4. The fourth-order valence-electron chi connectivity index (χ4n) is 2.88. The molecule has 0 N–H and O–H groups in total. The summed E-state index contributed by atoms with van der Waals surface area (Å²) >= 11 is 1.58. The van der Waals surface area contributed by atoms with Crippen molar-refractivity contribution in [2.75, 3.05) is 26.2 Å². The van der Waals surface area contributed by atoms with E-state index in [0.29, 0.717) is 31.4 Å². The first-order valence-corrected chi connectivity index (χ1v) is 9.10. The molecule has 0 unspecified atom stereocenters. The second kappa shape index (κ2) is 7.16. The molecule has 3 heterocycles. The van der Waals surface area contributed by atoms with Gasteiger partial charge in [-0.25, -0.2) is 0 Å². The highest BCUT2D eigenvalue weighted by atomic mass is 32.1. The molecular formula is C18H18N4O2S. The van der Waals surface area contributed by atoms with Crippen LogP contribution in [0.15, 0.2) is 52.3 Å². The molecular weight excluding hydrogens is 336 g/mol. The molecule has 1 fully saturated rings. The van der Waals surface area contributed by atoms with Crippen LogP contribution in [0, 0.1) is 0 Å². The number of amides is 1. The van der Waals surface area contributed by atoms with Crippen LogP contribution in [0.4, 0.5) is 0 Å². The third kappa shape index (κ3) is 3.62. The molecule has 4 rings (SSSR count). The van der Waals surface area contributed by atoms with Crippen LogP contribution in [0.25, 0.3) is 10.8 Å². The van der Waals surface area contributed by atoms with Crippen LogP contribution in [0.1, 0.15) is 16.2 Å². The van der Waals surface area contributed by atoms with Crippen LogP contribution in [0.5, 0.6) is 0 Å². The van der Waals surface area contributed by atoms with Gasteiger partial charge in [0.1, 0.15) is 0 Å². The highest BCUT2D eigenvalue weighted by molar-refractivity contribution is 7.13. The summed E-state index contributed by atoms with van der Waals surface area (Å²) in [6, 6.07) is 13.4. The number of carbonyl (C=O) groups excluding carboxylic acids is 1. The molecule has 0 aliphatic carbocycles. The molecule has 1 aliphatic rings. The van der Waals surface area contributed by atoms with Crippen LogP contribution in [-0.2, 0) is 6.54 Å². The van der Waals surface area contributed by atoms with E-state index in [9.17, 15) is 4.79 Å². The number of benzene rings is 1. The van der Waals surface area contributed by atoms with Crippen LogP contribution in [0.2, 0.25) is 0 Å². The molecule has 0 radical (unpaired) electrons. The number of aromatic nitrogens is 2. The zero-order valence-corrected chi connectivity index (χ0v) is 14.5. The number of hydrogen-bond acceptors (Lipinski definition) is 6. The molecule has 25 heavy (non-hydrogen) atoms. The largest absolute Gasteiger partial charge is 0.419 e. The highest BCUT2D eigenvalue weighted by Gasteiger charge is 2.23. The molecule has 3 aromatic rings. The summed E-state index contributed by atoms with van der Waals surface area (Å²) in [6.07, 6.45) is 0. The fraction of sp³-hybridized carbons (Fsp3) is 0.278. The standard InChI is InChI=1S/C18H18N4O2S/c23-18(14-5-2-1-3-6-14)22-10-8-21(9-11-22)13-16-19-20-17(24-16)15-7-4-12-25-15/h1-7,12H,8-11,13H2. The molecule has 2 aromatic heterocycles. The molecule has 0 saturated carbocycles. The molecule has 1 amide bonds. The van der Waals surface area contributed by atoms with E-state index in [0.717, 1.165) is 23.5 Å². The molecule has 0 atom stereocenters. The van der Waals surface area contributed by atoms with Crippen LogP contribution >= 0.6 is 11.3 Å². The van der Waals surface area contributed by atoms with E-state index < -0.39 is 0 Å². The number of hydrogen-bond donors (Lipinski definition) is 0. The van der Waals surface area contributed by atoms with E-state index in [1.54, 1.807) is 11.3 Å². The van der Waals surface area contributed by atoms with Gasteiger partial charge >= 0.3 is 0 Å². The minimum absolute atomic E-state index is 0.0954. The molecule has 1 aliphatic heterocycles. The van der Waals surface area contributed by atoms with E-state index in [1.165, 1.54) is 0 Å². The topological polar surface area (TPSA) is 62.5 Å². The van der Waals surface area contributed by atoms with Crippen LogP contribution in [-0.4, -0.2) is 52.1 Å². The Balaban J connectivity index is 1.33. The maximum absolute atomic E-state index is 12.5. The van der Waals surface area contributed by atoms with Crippen molar-refractivity contribution in [3.63, 3.8) is 0 Å². The molecule has 0 bridgehead atoms. The second-order valence-corrected chi connectivity index (χ2v) is 6.86. The van der Waals surface area contributed by atoms with Crippen molar-refractivity contribution < 1.29 is 9.21 Å². The van der Waals surface area contributed by atoms with Crippen molar-refractivity contribution in [2.24, 2.45) is 0 Å². The Morgan fingerprint density at radius 1 is 1.04 bits per heavy atom. The van der Waals surface area contributed by atoms with Crippen molar-refractivity contribution in [2.45, 2.75) is 6.54 Å². The first-order valence-electron chi connectivity index (χ1n) is 8.22. The number of carbonyl (C=O) groups is 1. The van der Waals surface area contributed by atoms with Gasteiger partial charge in [0.05, 0.1) is 11.4 Å². The SMILES string of the molecule is O=C(c1ccccc1)N1CCN(Cc2nnc(-c3cccs3)o2)CC1. The average Bonchev–Trinajstić information content (AvgIpc) is 3.34. The Hall–Kier alpha value is -2.51. The Labute approximate surface area is 149 Å². The lowest BCUT2D eigenvalue weighted by Gasteiger charge is -2.34. The maximum atomic E-state index is 12.5. The van der Waals surface area contributed by atoms with Crippen LogP contribution in [0.3, 0.4) is 0 Å². The van der Waals surface area contributed by atoms with E-state index in [1.807, 2.05) is 52.7 Å². The molecule has 1 aromatic carbocycles. The third-order valence-corrected chi connectivity index (χ3v) is 5.10. The van der Waals surface area contributed by atoms with Crippen molar-refractivity contribution >= 4 is 17.2 Å². The Morgan fingerprint density at radius 3 is 2.56 bits per heavy atom. The van der Waals surface area contributed by atoms with Gasteiger partial charge in [0, 0.05) is 31.7 Å². The summed E-state index contributed by atoms with van der Waals surface area (Å²) in [6.45, 7) is 3.63. The molecule has 128 valence electrons. The van der Waals surface area contributed by atoms with E-state index >= 15 is 0 Å². The summed E-state index contributed by atoms with van der Waals surface area (Å²) in [5, 5.41) is 10.2. The number of thiophene rings is 1. The monoisotopic (exact) mass is 354 g/mol. The quantitative estimate of drug-likeness (QED) is 0.721. The van der Waals surface area contributed by atoms with Gasteiger partial charge in [0.25, 0.3) is 11.8 Å². The predicted octanol–water partition coefficient (Wildman–Crippen LogP) is 2.76. The third-order valence-electron chi connectivity index (χ3n) is 4.24. The van der Waals surface area contributed by atoms with Crippen molar-refractivity contribution in [1.29, 1.82) is 0 Å². The van der Waals surface area contributed by atoms with E-state index in [4.69, 9.17) is 4.42 Å². The minimum atomic E-state index is 0.0954. The first kappa shape index (κ1) is 16.0. The first-order chi connectivity index (χ1) is 12.3.